The zero-order valence-electron chi connectivity index (χ0n) is 13.3. The number of nitrogens with one attached hydrogen (secondary N) is 1. The van der Waals surface area contributed by atoms with Gasteiger partial charge in [-0.2, -0.15) is 0 Å². The Morgan fingerprint density at radius 2 is 2.13 bits per heavy atom. The molecule has 0 aliphatic carbocycles. The molecule has 0 aromatic heterocycles. The van der Waals surface area contributed by atoms with Crippen LogP contribution in [0.5, 0.6) is 5.75 Å². The second kappa shape index (κ2) is 8.33. The van der Waals surface area contributed by atoms with Gasteiger partial charge in [0.15, 0.2) is 0 Å². The van der Waals surface area contributed by atoms with E-state index in [1.807, 2.05) is 11.9 Å². The van der Waals surface area contributed by atoms with Crippen molar-refractivity contribution in [2.45, 2.75) is 13.0 Å². The lowest BCUT2D eigenvalue weighted by atomic mass is 10.1. The minimum absolute atomic E-state index is 0. The molecule has 23 heavy (non-hydrogen) atoms. The lowest BCUT2D eigenvalue weighted by Gasteiger charge is -2.29. The summed E-state index contributed by atoms with van der Waals surface area (Å²) in [5, 5.41) is 3.27. The molecule has 1 amide bonds. The molecule has 1 fully saturated rings. The maximum atomic E-state index is 12.3. The molecule has 3 rings (SSSR count). The average Bonchev–Trinajstić information content (AvgIpc) is 2.96. The van der Waals surface area contributed by atoms with E-state index in [4.69, 9.17) is 4.74 Å². The van der Waals surface area contributed by atoms with Gasteiger partial charge in [0.2, 0.25) is 5.91 Å². The number of amides is 1. The first-order chi connectivity index (χ1) is 10.6. The van der Waals surface area contributed by atoms with Gasteiger partial charge in [0.25, 0.3) is 0 Å². The number of carbonyl (C=O) groups is 1. The molecule has 1 aromatic carbocycles. The Bertz CT molecular complexity index is 565. The third kappa shape index (κ3) is 4.59. The number of fused-ring (bicyclic) bond motifs is 1. The lowest BCUT2D eigenvalue weighted by Crippen LogP contribution is -2.49. The van der Waals surface area contributed by atoms with E-state index in [0.29, 0.717) is 6.54 Å². The van der Waals surface area contributed by atoms with Gasteiger partial charge in [0.05, 0.1) is 13.2 Å². The van der Waals surface area contributed by atoms with E-state index < -0.39 is 0 Å². The van der Waals surface area contributed by atoms with Crippen molar-refractivity contribution < 1.29 is 9.53 Å². The van der Waals surface area contributed by atoms with E-state index in [2.05, 4.69) is 38.3 Å². The Morgan fingerprint density at radius 1 is 1.39 bits per heavy atom. The molecule has 0 bridgehead atoms. The minimum atomic E-state index is 0. The van der Waals surface area contributed by atoms with Gasteiger partial charge in [0.1, 0.15) is 5.75 Å². The minimum Gasteiger partial charge on any atom is -0.493 e. The third-order valence-corrected chi connectivity index (χ3v) is 4.60. The maximum Gasteiger partial charge on any atom is 0.236 e. The van der Waals surface area contributed by atoms with Crippen molar-refractivity contribution >= 4 is 34.2 Å². The molecule has 0 spiro atoms. The summed E-state index contributed by atoms with van der Waals surface area (Å²) in [7, 11) is 1.99. The van der Waals surface area contributed by atoms with Crippen LogP contribution in [0.1, 0.15) is 11.1 Å². The molecule has 1 aromatic rings. The van der Waals surface area contributed by atoms with Crippen LogP contribution in [-0.2, 0) is 17.8 Å². The summed E-state index contributed by atoms with van der Waals surface area (Å²) in [6.45, 7) is 5.32. The van der Waals surface area contributed by atoms with Gasteiger partial charge in [0, 0.05) is 49.2 Å². The highest BCUT2D eigenvalue weighted by Gasteiger charge is 2.21. The molecule has 2 heterocycles. The average molecular weight is 405 g/mol. The van der Waals surface area contributed by atoms with Gasteiger partial charge in [-0.05, 0) is 24.7 Å². The Morgan fingerprint density at radius 3 is 2.87 bits per heavy atom. The number of ether oxygens (including phenoxy) is 1. The molecule has 5 nitrogen and oxygen atoms in total. The fraction of sp³-hybridized carbons (Fsp3) is 0.562. The zero-order chi connectivity index (χ0) is 15.5. The van der Waals surface area contributed by atoms with Crippen LogP contribution in [0, 0.1) is 0 Å². The van der Waals surface area contributed by atoms with Crippen molar-refractivity contribution in [2.75, 3.05) is 46.4 Å². The number of halogens is 2. The summed E-state index contributed by atoms with van der Waals surface area (Å²) in [5.41, 5.74) is 2.41. The Balaban J connectivity index is 0.00000192. The van der Waals surface area contributed by atoms with Crippen molar-refractivity contribution in [3.05, 3.63) is 27.7 Å². The molecule has 0 unspecified atom stereocenters. The van der Waals surface area contributed by atoms with Crippen molar-refractivity contribution in [3.8, 4) is 5.75 Å². The standard InChI is InChI=1S/C16H22BrN3O2.ClH/c1-19(11-15(21)20-5-3-18-4-6-20)10-13-9-14(17)8-12-2-7-22-16(12)13;/h8-9,18H,2-7,10-11H2,1H3;1H. The molecule has 0 atom stereocenters. The predicted molar refractivity (Wildman–Crippen MR) is 96.4 cm³/mol. The second-order valence-electron chi connectivity index (χ2n) is 5.95. The van der Waals surface area contributed by atoms with Crippen LogP contribution >= 0.6 is 28.3 Å². The molecule has 128 valence electrons. The summed E-state index contributed by atoms with van der Waals surface area (Å²) < 4.78 is 6.83. The van der Waals surface area contributed by atoms with Crippen LogP contribution in [0.15, 0.2) is 16.6 Å². The van der Waals surface area contributed by atoms with Gasteiger partial charge >= 0.3 is 0 Å². The maximum absolute atomic E-state index is 12.3. The fourth-order valence-corrected chi connectivity index (χ4v) is 3.61. The van der Waals surface area contributed by atoms with Gasteiger partial charge in [-0.3, -0.25) is 9.69 Å². The molecule has 0 radical (unpaired) electrons. The molecule has 1 saturated heterocycles. The van der Waals surface area contributed by atoms with E-state index in [9.17, 15) is 4.79 Å². The van der Waals surface area contributed by atoms with Gasteiger partial charge in [-0.15, -0.1) is 12.4 Å². The van der Waals surface area contributed by atoms with Crippen LogP contribution in [0.2, 0.25) is 0 Å². The molecular formula is C16H23BrClN3O2. The number of hydrogen-bond donors (Lipinski definition) is 1. The number of benzene rings is 1. The molecule has 7 heteroatoms. The molecule has 2 aliphatic heterocycles. The zero-order valence-corrected chi connectivity index (χ0v) is 15.7. The highest BCUT2D eigenvalue weighted by Crippen LogP contribution is 2.33. The molecule has 1 N–H and O–H groups in total. The summed E-state index contributed by atoms with van der Waals surface area (Å²) in [6.07, 6.45) is 0.963. The van der Waals surface area contributed by atoms with E-state index >= 15 is 0 Å². The summed E-state index contributed by atoms with van der Waals surface area (Å²) in [6, 6.07) is 4.22. The van der Waals surface area contributed by atoms with Crippen LogP contribution in [0.3, 0.4) is 0 Å². The number of nitrogens with zero attached hydrogens (tertiary/aromatic N) is 2. The smallest absolute Gasteiger partial charge is 0.236 e. The monoisotopic (exact) mass is 403 g/mol. The lowest BCUT2D eigenvalue weighted by molar-refractivity contribution is -0.132. The number of piperazine rings is 1. The largest absolute Gasteiger partial charge is 0.493 e. The van der Waals surface area contributed by atoms with Crippen molar-refractivity contribution in [1.82, 2.24) is 15.1 Å². The van der Waals surface area contributed by atoms with Crippen molar-refractivity contribution in [2.24, 2.45) is 0 Å². The van der Waals surface area contributed by atoms with Crippen LogP contribution in [-0.4, -0.2) is 62.1 Å². The van der Waals surface area contributed by atoms with Gasteiger partial charge < -0.3 is 15.0 Å². The number of hydrogen-bond acceptors (Lipinski definition) is 4. The fourth-order valence-electron chi connectivity index (χ4n) is 3.06. The molecular weight excluding hydrogens is 382 g/mol. The van der Waals surface area contributed by atoms with E-state index in [1.165, 1.54) is 5.56 Å². The first-order valence-corrected chi connectivity index (χ1v) is 8.54. The first-order valence-electron chi connectivity index (χ1n) is 7.74. The normalized spacial score (nSPS) is 16.7. The van der Waals surface area contributed by atoms with Gasteiger partial charge in [-0.25, -0.2) is 0 Å². The summed E-state index contributed by atoms with van der Waals surface area (Å²) >= 11 is 3.56. The summed E-state index contributed by atoms with van der Waals surface area (Å²) in [5.74, 6) is 1.21. The van der Waals surface area contributed by atoms with Crippen LogP contribution in [0.25, 0.3) is 0 Å². The van der Waals surface area contributed by atoms with Crippen LogP contribution < -0.4 is 10.1 Å². The Kier molecular flexibility index (Phi) is 6.71. The predicted octanol–water partition coefficient (Wildman–Crippen LogP) is 1.67. The first kappa shape index (κ1) is 18.5. The number of rotatable bonds is 4. The highest BCUT2D eigenvalue weighted by molar-refractivity contribution is 9.10. The highest BCUT2D eigenvalue weighted by atomic mass is 79.9. The second-order valence-corrected chi connectivity index (χ2v) is 6.87. The topological polar surface area (TPSA) is 44.8 Å². The quantitative estimate of drug-likeness (QED) is 0.829. The Hall–Kier alpha value is -0.820. The number of likely N-dealkylation sites (N-methyl/N-ethyl adjacent to an activating group) is 1. The number of carbonyl (C=O) groups excluding carboxylic acids is 1. The molecule has 0 saturated carbocycles. The van der Waals surface area contributed by atoms with Crippen LogP contribution in [0.4, 0.5) is 0 Å². The third-order valence-electron chi connectivity index (χ3n) is 4.14. The molecule has 2 aliphatic rings. The van der Waals surface area contributed by atoms with E-state index in [0.717, 1.165) is 61.5 Å². The SMILES string of the molecule is CN(CC(=O)N1CCNCC1)Cc1cc(Br)cc2c1OCC2.Cl. The van der Waals surface area contributed by atoms with Crippen molar-refractivity contribution in [1.29, 1.82) is 0 Å². The van der Waals surface area contributed by atoms with Gasteiger partial charge in [-0.1, -0.05) is 15.9 Å². The Labute approximate surface area is 151 Å². The van der Waals surface area contributed by atoms with E-state index in [-0.39, 0.29) is 18.3 Å². The van der Waals surface area contributed by atoms with E-state index in [1.54, 1.807) is 0 Å². The van der Waals surface area contributed by atoms with Crippen molar-refractivity contribution in [3.63, 3.8) is 0 Å². The summed E-state index contributed by atoms with van der Waals surface area (Å²) in [4.78, 5) is 16.3.